The first kappa shape index (κ1) is 21.7. The molecule has 2 aliphatic rings. The van der Waals surface area contributed by atoms with Gasteiger partial charge in [-0.25, -0.2) is 9.97 Å². The predicted octanol–water partition coefficient (Wildman–Crippen LogP) is 5.56. The second-order valence-electron chi connectivity index (χ2n) is 9.31. The van der Waals surface area contributed by atoms with Crippen LogP contribution in [0.2, 0.25) is 0 Å². The van der Waals surface area contributed by atoms with Crippen LogP contribution in [0, 0.1) is 0 Å². The van der Waals surface area contributed by atoms with Gasteiger partial charge in [-0.2, -0.15) is 0 Å². The Hall–Kier alpha value is -4.52. The summed E-state index contributed by atoms with van der Waals surface area (Å²) in [5.74, 6) is 3.09. The second-order valence-corrected chi connectivity index (χ2v) is 9.31. The molecule has 0 saturated carbocycles. The highest BCUT2D eigenvalue weighted by Gasteiger charge is 2.34. The van der Waals surface area contributed by atoms with Gasteiger partial charge in [-0.1, -0.05) is 36.4 Å². The van der Waals surface area contributed by atoms with Crippen LogP contribution in [-0.4, -0.2) is 41.8 Å². The van der Waals surface area contributed by atoms with Crippen molar-refractivity contribution in [3.63, 3.8) is 0 Å². The number of anilines is 1. The van der Waals surface area contributed by atoms with E-state index < -0.39 is 0 Å². The maximum Gasteiger partial charge on any atom is 0.226 e. The molecule has 0 spiro atoms. The lowest BCUT2D eigenvalue weighted by molar-refractivity contribution is 0.171. The monoisotopic (exact) mass is 490 g/mol. The number of benzene rings is 3. The van der Waals surface area contributed by atoms with Gasteiger partial charge in [-0.3, -0.25) is 0 Å². The van der Waals surface area contributed by atoms with E-state index in [1.54, 1.807) is 7.11 Å². The van der Waals surface area contributed by atoms with Gasteiger partial charge in [-0.15, -0.1) is 0 Å². The number of para-hydroxylation sites is 1. The SMILES string of the molecule is COc1ccc(-c2cnc(N3CCc4c([nH]c5ccccc45)C3c3ccc4c(c3)OCCO4)nc2)cc1. The Kier molecular flexibility index (Phi) is 5.20. The van der Waals surface area contributed by atoms with Crippen LogP contribution in [0.1, 0.15) is 22.9 Å². The van der Waals surface area contributed by atoms with Gasteiger partial charge in [-0.05, 0) is 53.4 Å². The lowest BCUT2D eigenvalue weighted by Crippen LogP contribution is -2.37. The molecule has 2 aliphatic heterocycles. The molecule has 0 fully saturated rings. The zero-order valence-electron chi connectivity index (χ0n) is 20.5. The van der Waals surface area contributed by atoms with Crippen molar-refractivity contribution in [2.75, 3.05) is 31.8 Å². The molecule has 7 heteroatoms. The number of fused-ring (bicyclic) bond motifs is 4. The predicted molar refractivity (Wildman–Crippen MR) is 143 cm³/mol. The van der Waals surface area contributed by atoms with Crippen molar-refractivity contribution in [3.05, 3.63) is 95.9 Å². The van der Waals surface area contributed by atoms with Crippen molar-refractivity contribution in [1.82, 2.24) is 15.0 Å². The smallest absolute Gasteiger partial charge is 0.226 e. The van der Waals surface area contributed by atoms with Gasteiger partial charge in [0.05, 0.1) is 13.2 Å². The fourth-order valence-corrected chi connectivity index (χ4v) is 5.43. The van der Waals surface area contributed by atoms with Crippen molar-refractivity contribution in [2.24, 2.45) is 0 Å². The molecule has 1 N–H and O–H groups in total. The Balaban J connectivity index is 1.31. The number of nitrogens with zero attached hydrogens (tertiary/aromatic N) is 3. The van der Waals surface area contributed by atoms with Crippen LogP contribution < -0.4 is 19.1 Å². The first-order chi connectivity index (χ1) is 18.3. The lowest BCUT2D eigenvalue weighted by Gasteiger charge is -2.36. The summed E-state index contributed by atoms with van der Waals surface area (Å²) in [5.41, 5.74) is 6.79. The minimum atomic E-state index is -0.0844. The van der Waals surface area contributed by atoms with E-state index >= 15 is 0 Å². The molecule has 1 atom stereocenters. The number of H-pyrrole nitrogens is 1. The maximum absolute atomic E-state index is 5.93. The normalized spacial score (nSPS) is 16.5. The van der Waals surface area contributed by atoms with Crippen molar-refractivity contribution in [1.29, 1.82) is 0 Å². The van der Waals surface area contributed by atoms with Gasteiger partial charge < -0.3 is 24.1 Å². The van der Waals surface area contributed by atoms with Crippen molar-refractivity contribution in [3.8, 4) is 28.4 Å². The number of aromatic nitrogens is 3. The minimum Gasteiger partial charge on any atom is -0.497 e. The third kappa shape index (κ3) is 3.74. The van der Waals surface area contributed by atoms with Gasteiger partial charge in [0, 0.05) is 41.1 Å². The van der Waals surface area contributed by atoms with E-state index in [0.717, 1.165) is 52.4 Å². The summed E-state index contributed by atoms with van der Waals surface area (Å²) >= 11 is 0. The molecule has 1 unspecified atom stereocenters. The summed E-state index contributed by atoms with van der Waals surface area (Å²) in [6.45, 7) is 1.93. The summed E-state index contributed by atoms with van der Waals surface area (Å²) in [4.78, 5) is 15.6. The van der Waals surface area contributed by atoms with Crippen LogP contribution in [0.4, 0.5) is 5.95 Å². The Labute approximate surface area is 214 Å². The first-order valence-corrected chi connectivity index (χ1v) is 12.5. The summed E-state index contributed by atoms with van der Waals surface area (Å²) in [6.07, 6.45) is 4.70. The Morgan fingerprint density at radius 1 is 0.892 bits per heavy atom. The number of rotatable bonds is 4. The number of hydrogen-bond acceptors (Lipinski definition) is 6. The van der Waals surface area contributed by atoms with Crippen LogP contribution >= 0.6 is 0 Å². The lowest BCUT2D eigenvalue weighted by atomic mass is 9.92. The average Bonchev–Trinajstić information content (AvgIpc) is 3.35. The molecule has 4 heterocycles. The number of hydrogen-bond donors (Lipinski definition) is 1. The molecule has 0 amide bonds. The Bertz CT molecular complexity index is 1580. The second kappa shape index (κ2) is 8.85. The maximum atomic E-state index is 5.93. The molecule has 0 bridgehead atoms. The highest BCUT2D eigenvalue weighted by molar-refractivity contribution is 5.86. The molecule has 2 aromatic heterocycles. The third-order valence-electron chi connectivity index (χ3n) is 7.23. The molecular weight excluding hydrogens is 464 g/mol. The average molecular weight is 491 g/mol. The number of methoxy groups -OCH3 is 1. The fraction of sp³-hybridized carbons (Fsp3) is 0.200. The Morgan fingerprint density at radius 3 is 2.49 bits per heavy atom. The van der Waals surface area contributed by atoms with Gasteiger partial charge in [0.25, 0.3) is 0 Å². The van der Waals surface area contributed by atoms with E-state index in [1.165, 1.54) is 16.6 Å². The zero-order valence-corrected chi connectivity index (χ0v) is 20.5. The largest absolute Gasteiger partial charge is 0.497 e. The fourth-order valence-electron chi connectivity index (χ4n) is 5.43. The van der Waals surface area contributed by atoms with Gasteiger partial charge in [0.1, 0.15) is 19.0 Å². The summed E-state index contributed by atoms with van der Waals surface area (Å²) in [5, 5.41) is 1.27. The molecule has 3 aromatic carbocycles. The van der Waals surface area contributed by atoms with Crippen LogP contribution in [0.25, 0.3) is 22.0 Å². The van der Waals surface area contributed by atoms with Crippen LogP contribution in [-0.2, 0) is 6.42 Å². The number of ether oxygens (including phenoxy) is 3. The molecule has 0 radical (unpaired) electrons. The minimum absolute atomic E-state index is 0.0844. The van der Waals surface area contributed by atoms with E-state index in [-0.39, 0.29) is 6.04 Å². The van der Waals surface area contributed by atoms with Crippen LogP contribution in [0.15, 0.2) is 79.1 Å². The van der Waals surface area contributed by atoms with E-state index in [1.807, 2.05) is 42.7 Å². The zero-order chi connectivity index (χ0) is 24.8. The molecule has 7 rings (SSSR count). The molecule has 184 valence electrons. The molecule has 0 saturated heterocycles. The van der Waals surface area contributed by atoms with E-state index in [4.69, 9.17) is 24.2 Å². The van der Waals surface area contributed by atoms with Crippen molar-refractivity contribution in [2.45, 2.75) is 12.5 Å². The summed E-state index contributed by atoms with van der Waals surface area (Å²) in [7, 11) is 1.67. The van der Waals surface area contributed by atoms with Crippen LogP contribution in [0.5, 0.6) is 17.2 Å². The quantitative estimate of drug-likeness (QED) is 0.356. The van der Waals surface area contributed by atoms with Crippen molar-refractivity contribution >= 4 is 16.9 Å². The number of nitrogens with one attached hydrogen (secondary N) is 1. The van der Waals surface area contributed by atoms with Gasteiger partial charge in [0.2, 0.25) is 5.95 Å². The number of aromatic amines is 1. The summed E-state index contributed by atoms with van der Waals surface area (Å²) < 4.78 is 17.0. The third-order valence-corrected chi connectivity index (χ3v) is 7.23. The molecule has 37 heavy (non-hydrogen) atoms. The van der Waals surface area contributed by atoms with E-state index in [9.17, 15) is 0 Å². The van der Waals surface area contributed by atoms with E-state index in [0.29, 0.717) is 19.2 Å². The van der Waals surface area contributed by atoms with Crippen LogP contribution in [0.3, 0.4) is 0 Å². The molecular formula is C30H26N4O3. The highest BCUT2D eigenvalue weighted by atomic mass is 16.6. The van der Waals surface area contributed by atoms with Gasteiger partial charge >= 0.3 is 0 Å². The van der Waals surface area contributed by atoms with Crippen molar-refractivity contribution < 1.29 is 14.2 Å². The first-order valence-electron chi connectivity index (χ1n) is 12.5. The molecule has 5 aromatic rings. The molecule has 7 nitrogen and oxygen atoms in total. The Morgan fingerprint density at radius 2 is 1.68 bits per heavy atom. The molecule has 0 aliphatic carbocycles. The van der Waals surface area contributed by atoms with Gasteiger partial charge in [0.15, 0.2) is 11.5 Å². The standard InChI is InChI=1S/C30H26N4O3/c1-35-22-9-6-19(7-10-22)21-17-31-30(32-18-21)34-13-12-24-23-4-2-3-5-25(23)33-28(24)29(34)20-8-11-26-27(16-20)37-15-14-36-26/h2-11,16-18,29,33H,12-15H2,1H3. The van der Waals surface area contributed by atoms with E-state index in [2.05, 4.69) is 46.3 Å². The highest BCUT2D eigenvalue weighted by Crippen LogP contribution is 2.42. The summed E-state index contributed by atoms with van der Waals surface area (Å²) in [6, 6.07) is 22.6. The topological polar surface area (TPSA) is 72.5 Å².